The van der Waals surface area contributed by atoms with Gasteiger partial charge in [-0.1, -0.05) is 32.0 Å². The van der Waals surface area contributed by atoms with Crippen molar-refractivity contribution in [2.75, 3.05) is 27.3 Å². The number of ether oxygens (including phenoxy) is 2. The number of likely N-dealkylation sites (tertiary alicyclic amines) is 1. The summed E-state index contributed by atoms with van der Waals surface area (Å²) in [6.07, 6.45) is 4.36. The van der Waals surface area contributed by atoms with Gasteiger partial charge in [0.15, 0.2) is 11.5 Å². The maximum atomic E-state index is 12.5. The SMILES string of the molecule is COc1cccc(CN2CCC([C@H](NC(=O)CC(C)C)c3ccccn3)CC2)c1OC. The number of rotatable bonds is 9. The summed E-state index contributed by atoms with van der Waals surface area (Å²) in [6.45, 7) is 6.89. The number of methoxy groups -OCH3 is 2. The van der Waals surface area contributed by atoms with E-state index >= 15 is 0 Å². The van der Waals surface area contributed by atoms with Crippen LogP contribution in [0.25, 0.3) is 0 Å². The van der Waals surface area contributed by atoms with Crippen molar-refractivity contribution in [1.29, 1.82) is 0 Å². The van der Waals surface area contributed by atoms with Crippen LogP contribution in [0, 0.1) is 11.8 Å². The van der Waals surface area contributed by atoms with E-state index in [2.05, 4.69) is 35.1 Å². The molecule has 0 spiro atoms. The molecule has 1 aromatic heterocycles. The van der Waals surface area contributed by atoms with Crippen LogP contribution in [0.5, 0.6) is 11.5 Å². The molecule has 1 aromatic carbocycles. The Morgan fingerprint density at radius 1 is 1.13 bits per heavy atom. The molecule has 1 saturated heterocycles. The Bertz CT molecular complexity index is 833. The second kappa shape index (κ2) is 11.1. The van der Waals surface area contributed by atoms with Crippen LogP contribution in [-0.4, -0.2) is 43.1 Å². The Kier molecular flexibility index (Phi) is 8.29. The monoisotopic (exact) mass is 425 g/mol. The van der Waals surface area contributed by atoms with Gasteiger partial charge in [0.05, 0.1) is 26.0 Å². The molecule has 1 fully saturated rings. The Morgan fingerprint density at radius 3 is 2.52 bits per heavy atom. The Hall–Kier alpha value is -2.60. The van der Waals surface area contributed by atoms with Crippen molar-refractivity contribution in [2.24, 2.45) is 11.8 Å². The number of para-hydroxylation sites is 1. The molecule has 2 aromatic rings. The largest absolute Gasteiger partial charge is 0.493 e. The van der Waals surface area contributed by atoms with Gasteiger partial charge in [-0.2, -0.15) is 0 Å². The average molecular weight is 426 g/mol. The third-order valence-electron chi connectivity index (χ3n) is 5.90. The maximum absolute atomic E-state index is 12.5. The standard InChI is InChI=1S/C25H35N3O3/c1-18(2)16-23(29)27-24(21-9-5-6-13-26-21)19-11-14-28(15-12-19)17-20-8-7-10-22(30-3)25(20)31-4/h5-10,13,18-19,24H,11-12,14-17H2,1-4H3,(H,27,29)/t24-/m0/s1. The van der Waals surface area contributed by atoms with Crippen molar-refractivity contribution in [1.82, 2.24) is 15.2 Å². The first-order chi connectivity index (χ1) is 15.0. The van der Waals surface area contributed by atoms with Crippen LogP contribution in [0.15, 0.2) is 42.6 Å². The summed E-state index contributed by atoms with van der Waals surface area (Å²) in [4.78, 5) is 19.5. The molecule has 1 amide bonds. The Morgan fingerprint density at radius 2 is 1.90 bits per heavy atom. The van der Waals surface area contributed by atoms with E-state index in [0.29, 0.717) is 18.3 Å². The third-order valence-corrected chi connectivity index (χ3v) is 5.90. The minimum atomic E-state index is -0.0408. The van der Waals surface area contributed by atoms with Gasteiger partial charge in [0.1, 0.15) is 0 Å². The van der Waals surface area contributed by atoms with Crippen molar-refractivity contribution in [3.05, 3.63) is 53.9 Å². The second-order valence-corrected chi connectivity index (χ2v) is 8.66. The van der Waals surface area contributed by atoms with Gasteiger partial charge in [-0.3, -0.25) is 14.7 Å². The minimum Gasteiger partial charge on any atom is -0.493 e. The van der Waals surface area contributed by atoms with E-state index in [1.807, 2.05) is 30.3 Å². The van der Waals surface area contributed by atoms with E-state index in [9.17, 15) is 4.79 Å². The molecule has 1 aliphatic heterocycles. The van der Waals surface area contributed by atoms with E-state index in [1.165, 1.54) is 0 Å². The lowest BCUT2D eigenvalue weighted by molar-refractivity contribution is -0.123. The van der Waals surface area contributed by atoms with Crippen LogP contribution >= 0.6 is 0 Å². The highest BCUT2D eigenvalue weighted by molar-refractivity contribution is 5.76. The molecule has 0 aliphatic carbocycles. The van der Waals surface area contributed by atoms with E-state index in [1.54, 1.807) is 20.4 Å². The lowest BCUT2D eigenvalue weighted by atomic mass is 9.87. The molecule has 31 heavy (non-hydrogen) atoms. The lowest BCUT2D eigenvalue weighted by Gasteiger charge is -2.36. The van der Waals surface area contributed by atoms with Crippen LogP contribution < -0.4 is 14.8 Å². The molecule has 6 heteroatoms. The molecule has 6 nitrogen and oxygen atoms in total. The molecule has 2 heterocycles. The zero-order valence-corrected chi connectivity index (χ0v) is 19.1. The molecule has 0 radical (unpaired) electrons. The first-order valence-corrected chi connectivity index (χ1v) is 11.1. The third kappa shape index (κ3) is 6.20. The Balaban J connectivity index is 1.66. The van der Waals surface area contributed by atoms with Crippen molar-refractivity contribution in [3.63, 3.8) is 0 Å². The number of carbonyl (C=O) groups is 1. The van der Waals surface area contributed by atoms with Crippen LogP contribution in [0.2, 0.25) is 0 Å². The zero-order valence-electron chi connectivity index (χ0n) is 19.1. The number of benzene rings is 1. The minimum absolute atomic E-state index is 0.0408. The van der Waals surface area contributed by atoms with E-state index < -0.39 is 0 Å². The number of hydrogen-bond donors (Lipinski definition) is 1. The summed E-state index contributed by atoms with van der Waals surface area (Å²) in [5, 5.41) is 3.28. The number of nitrogens with one attached hydrogen (secondary N) is 1. The first-order valence-electron chi connectivity index (χ1n) is 11.1. The smallest absolute Gasteiger partial charge is 0.220 e. The summed E-state index contributed by atoms with van der Waals surface area (Å²) in [6, 6.07) is 11.9. The van der Waals surface area contributed by atoms with E-state index in [0.717, 1.165) is 55.2 Å². The summed E-state index contributed by atoms with van der Waals surface area (Å²) in [7, 11) is 3.35. The summed E-state index contributed by atoms with van der Waals surface area (Å²) < 4.78 is 11.0. The summed E-state index contributed by atoms with van der Waals surface area (Å²) in [5.74, 6) is 2.38. The molecule has 3 rings (SSSR count). The van der Waals surface area contributed by atoms with Crippen molar-refractivity contribution >= 4 is 5.91 Å². The fourth-order valence-corrected chi connectivity index (χ4v) is 4.36. The number of carbonyl (C=O) groups excluding carboxylic acids is 1. The van der Waals surface area contributed by atoms with Gasteiger partial charge in [-0.25, -0.2) is 0 Å². The van der Waals surface area contributed by atoms with Gasteiger partial charge >= 0.3 is 0 Å². The predicted octanol–water partition coefficient (Wildman–Crippen LogP) is 4.21. The summed E-state index contributed by atoms with van der Waals surface area (Å²) in [5.41, 5.74) is 2.08. The van der Waals surface area contributed by atoms with Gasteiger partial charge in [-0.15, -0.1) is 0 Å². The molecule has 0 saturated carbocycles. The van der Waals surface area contributed by atoms with Gasteiger partial charge in [0, 0.05) is 24.7 Å². The average Bonchev–Trinajstić information content (AvgIpc) is 2.78. The summed E-state index contributed by atoms with van der Waals surface area (Å²) >= 11 is 0. The van der Waals surface area contributed by atoms with Crippen LogP contribution in [0.4, 0.5) is 0 Å². The highest BCUT2D eigenvalue weighted by Gasteiger charge is 2.30. The molecule has 168 valence electrons. The van der Waals surface area contributed by atoms with Crippen LogP contribution in [0.1, 0.15) is 50.4 Å². The highest BCUT2D eigenvalue weighted by atomic mass is 16.5. The van der Waals surface area contributed by atoms with E-state index in [-0.39, 0.29) is 11.9 Å². The molecule has 1 aliphatic rings. The fourth-order valence-electron chi connectivity index (χ4n) is 4.36. The van der Waals surface area contributed by atoms with Crippen molar-refractivity contribution < 1.29 is 14.3 Å². The van der Waals surface area contributed by atoms with Crippen LogP contribution in [-0.2, 0) is 11.3 Å². The number of amides is 1. The van der Waals surface area contributed by atoms with Gasteiger partial charge < -0.3 is 14.8 Å². The topological polar surface area (TPSA) is 63.7 Å². The molecule has 1 N–H and O–H groups in total. The van der Waals surface area contributed by atoms with Gasteiger partial charge in [0.2, 0.25) is 5.91 Å². The van der Waals surface area contributed by atoms with Crippen LogP contribution in [0.3, 0.4) is 0 Å². The lowest BCUT2D eigenvalue weighted by Crippen LogP contribution is -2.41. The number of hydrogen-bond acceptors (Lipinski definition) is 5. The first kappa shape index (κ1) is 23.1. The number of nitrogens with zero attached hydrogens (tertiary/aromatic N) is 2. The number of pyridine rings is 1. The normalized spacial score (nSPS) is 16.2. The molecule has 1 atom stereocenters. The highest BCUT2D eigenvalue weighted by Crippen LogP contribution is 2.34. The van der Waals surface area contributed by atoms with Crippen molar-refractivity contribution in [3.8, 4) is 11.5 Å². The molecular weight excluding hydrogens is 390 g/mol. The van der Waals surface area contributed by atoms with Gasteiger partial charge in [-0.05, 0) is 56.0 Å². The number of aromatic nitrogens is 1. The second-order valence-electron chi connectivity index (χ2n) is 8.66. The maximum Gasteiger partial charge on any atom is 0.220 e. The molecule has 0 unspecified atom stereocenters. The Labute approximate surface area is 186 Å². The fraction of sp³-hybridized carbons (Fsp3) is 0.520. The number of piperidine rings is 1. The predicted molar refractivity (Wildman–Crippen MR) is 122 cm³/mol. The molecule has 0 bridgehead atoms. The molecular formula is C25H35N3O3. The van der Waals surface area contributed by atoms with Gasteiger partial charge in [0.25, 0.3) is 0 Å². The zero-order chi connectivity index (χ0) is 22.2. The van der Waals surface area contributed by atoms with E-state index in [4.69, 9.17) is 9.47 Å². The quantitative estimate of drug-likeness (QED) is 0.652. The van der Waals surface area contributed by atoms with Crippen molar-refractivity contribution in [2.45, 2.75) is 45.7 Å².